The summed E-state index contributed by atoms with van der Waals surface area (Å²) >= 11 is 0. The van der Waals surface area contributed by atoms with Gasteiger partial charge in [-0.1, -0.05) is 65.0 Å². The molecule has 0 amide bonds. The number of hydrogen-bond acceptors (Lipinski definition) is 3. The normalized spacial score (nSPS) is 12.4. The van der Waals surface area contributed by atoms with E-state index in [9.17, 15) is 0 Å². The summed E-state index contributed by atoms with van der Waals surface area (Å²) in [5, 5.41) is 4.72. The Labute approximate surface area is 218 Å². The molecule has 0 bridgehead atoms. The average molecular weight is 488 g/mol. The lowest BCUT2D eigenvalue weighted by molar-refractivity contribution is 0.560. The highest BCUT2D eigenvalue weighted by atomic mass is 16.3. The number of rotatable bonds is 4. The van der Waals surface area contributed by atoms with E-state index in [1.807, 2.05) is 6.07 Å². The van der Waals surface area contributed by atoms with Gasteiger partial charge in [0.25, 0.3) is 0 Å². The summed E-state index contributed by atoms with van der Waals surface area (Å²) in [6.07, 6.45) is 2.73. The smallest absolute Gasteiger partial charge is 0.227 e. The molecule has 37 heavy (non-hydrogen) atoms. The summed E-state index contributed by atoms with van der Waals surface area (Å²) in [5.74, 6) is 1.57. The molecule has 0 saturated carbocycles. The van der Waals surface area contributed by atoms with Crippen LogP contribution < -0.4 is 0 Å². The Balaban J connectivity index is 1.58. The summed E-state index contributed by atoms with van der Waals surface area (Å²) in [7, 11) is 0. The van der Waals surface area contributed by atoms with Gasteiger partial charge in [0.1, 0.15) is 11.3 Å². The van der Waals surface area contributed by atoms with Crippen LogP contribution in [-0.2, 0) is 11.8 Å². The molecule has 3 aromatic carbocycles. The number of hydrogen-bond donors (Lipinski definition) is 0. The number of nitrogens with zero attached hydrogens (tertiary/aromatic N) is 1. The zero-order chi connectivity index (χ0) is 25.9. The third-order valence-electron chi connectivity index (χ3n) is 7.32. The Morgan fingerprint density at radius 1 is 0.838 bits per heavy atom. The predicted molar refractivity (Wildman–Crippen MR) is 154 cm³/mol. The lowest BCUT2D eigenvalue weighted by Gasteiger charge is -2.22. The summed E-state index contributed by atoms with van der Waals surface area (Å²) < 4.78 is 12.0. The molecule has 186 valence electrons. The molecule has 0 aliphatic carbocycles. The van der Waals surface area contributed by atoms with Gasteiger partial charge in [0, 0.05) is 21.9 Å². The number of aryl methyl sites for hydroxylation is 1. The largest absolute Gasteiger partial charge is 0.461 e. The Morgan fingerprint density at radius 3 is 2.43 bits per heavy atom. The van der Waals surface area contributed by atoms with Gasteiger partial charge < -0.3 is 8.83 Å². The van der Waals surface area contributed by atoms with E-state index in [1.165, 1.54) is 27.3 Å². The Bertz CT molecular complexity index is 1780. The summed E-state index contributed by atoms with van der Waals surface area (Å²) in [6, 6.07) is 23.9. The van der Waals surface area contributed by atoms with Crippen molar-refractivity contribution in [2.75, 3.05) is 0 Å². The van der Waals surface area contributed by atoms with Gasteiger partial charge in [-0.3, -0.25) is 0 Å². The van der Waals surface area contributed by atoms with E-state index in [0.717, 1.165) is 45.5 Å². The van der Waals surface area contributed by atoms with Gasteiger partial charge in [0.15, 0.2) is 0 Å². The molecule has 0 atom stereocenters. The van der Waals surface area contributed by atoms with E-state index in [2.05, 4.69) is 102 Å². The Kier molecular flexibility index (Phi) is 5.49. The topological polar surface area (TPSA) is 39.2 Å². The number of aromatic nitrogens is 1. The first-order valence-electron chi connectivity index (χ1n) is 13.1. The zero-order valence-electron chi connectivity index (χ0n) is 22.5. The molecule has 0 saturated heterocycles. The quantitative estimate of drug-likeness (QED) is 0.248. The van der Waals surface area contributed by atoms with Crippen LogP contribution in [0.2, 0.25) is 0 Å². The summed E-state index contributed by atoms with van der Waals surface area (Å²) in [4.78, 5) is 4.96. The highest BCUT2D eigenvalue weighted by Gasteiger charge is 2.20. The molecular formula is C34H33NO2. The molecule has 3 heterocycles. The van der Waals surface area contributed by atoms with Crippen LogP contribution in [0.25, 0.3) is 55.2 Å². The average Bonchev–Trinajstić information content (AvgIpc) is 3.46. The van der Waals surface area contributed by atoms with Crippen molar-refractivity contribution < 1.29 is 8.83 Å². The molecule has 6 rings (SSSR count). The summed E-state index contributed by atoms with van der Waals surface area (Å²) in [5.41, 5.74) is 8.50. The fourth-order valence-corrected chi connectivity index (χ4v) is 5.52. The van der Waals surface area contributed by atoms with Gasteiger partial charge >= 0.3 is 0 Å². The van der Waals surface area contributed by atoms with Crippen LogP contribution in [0.3, 0.4) is 0 Å². The minimum Gasteiger partial charge on any atom is -0.461 e. The van der Waals surface area contributed by atoms with Crippen molar-refractivity contribution in [3.8, 4) is 22.4 Å². The van der Waals surface area contributed by atoms with Gasteiger partial charge in [-0.15, -0.1) is 0 Å². The minimum atomic E-state index is 0.00419. The van der Waals surface area contributed by atoms with Crippen LogP contribution in [0.1, 0.15) is 51.5 Å². The first-order chi connectivity index (χ1) is 17.7. The number of fused-ring (bicyclic) bond motifs is 3. The zero-order valence-corrected chi connectivity index (χ0v) is 22.5. The van der Waals surface area contributed by atoms with E-state index < -0.39 is 0 Å². The van der Waals surface area contributed by atoms with Crippen LogP contribution in [-0.4, -0.2) is 4.98 Å². The molecule has 0 N–H and O–H groups in total. The molecule has 0 unspecified atom stereocenters. The molecule has 0 fully saturated rings. The van der Waals surface area contributed by atoms with Crippen molar-refractivity contribution in [2.24, 2.45) is 5.92 Å². The standard InChI is InChI=1S/C34H33NO2/c1-20(2)15-27-21(3)37-32-12-11-23(17-29(27)32)28-19-31(35-33-26(28)13-14-36-33)24-16-22-9-7-8-10-25(22)30(18-24)34(4,5)6/h7-14,16-20H,15H2,1-6H3. The predicted octanol–water partition coefficient (Wildman–Crippen LogP) is 9.87. The van der Waals surface area contributed by atoms with Crippen molar-refractivity contribution in [1.29, 1.82) is 0 Å². The molecule has 3 heteroatoms. The van der Waals surface area contributed by atoms with Gasteiger partial charge in [-0.05, 0) is 88.5 Å². The van der Waals surface area contributed by atoms with Gasteiger partial charge in [0.2, 0.25) is 5.71 Å². The van der Waals surface area contributed by atoms with E-state index >= 15 is 0 Å². The van der Waals surface area contributed by atoms with E-state index in [1.54, 1.807) is 6.26 Å². The molecular weight excluding hydrogens is 454 g/mol. The van der Waals surface area contributed by atoms with Gasteiger partial charge in [-0.2, -0.15) is 0 Å². The minimum absolute atomic E-state index is 0.00419. The molecule has 3 aromatic heterocycles. The molecule has 0 spiro atoms. The van der Waals surface area contributed by atoms with E-state index in [4.69, 9.17) is 13.8 Å². The van der Waals surface area contributed by atoms with Gasteiger partial charge in [0.05, 0.1) is 12.0 Å². The fraction of sp³-hybridized carbons (Fsp3) is 0.265. The highest BCUT2D eigenvalue weighted by Crippen LogP contribution is 2.39. The fourth-order valence-electron chi connectivity index (χ4n) is 5.52. The van der Waals surface area contributed by atoms with E-state index in [0.29, 0.717) is 11.6 Å². The molecule has 0 aliphatic heterocycles. The maximum Gasteiger partial charge on any atom is 0.227 e. The van der Waals surface area contributed by atoms with Crippen molar-refractivity contribution >= 4 is 32.8 Å². The summed E-state index contributed by atoms with van der Waals surface area (Å²) in [6.45, 7) is 13.4. The maximum atomic E-state index is 6.11. The second kappa shape index (κ2) is 8.62. The van der Waals surface area contributed by atoms with Crippen molar-refractivity contribution in [3.63, 3.8) is 0 Å². The van der Waals surface area contributed by atoms with Crippen molar-refractivity contribution in [2.45, 2.75) is 53.4 Å². The second-order valence-electron chi connectivity index (χ2n) is 11.6. The van der Waals surface area contributed by atoms with E-state index in [-0.39, 0.29) is 5.41 Å². The molecule has 3 nitrogen and oxygen atoms in total. The number of furan rings is 2. The number of pyridine rings is 1. The molecule has 0 aliphatic rings. The van der Waals surface area contributed by atoms with Crippen molar-refractivity contribution in [1.82, 2.24) is 4.98 Å². The maximum absolute atomic E-state index is 6.11. The molecule has 6 aromatic rings. The Morgan fingerprint density at radius 2 is 1.65 bits per heavy atom. The second-order valence-corrected chi connectivity index (χ2v) is 11.6. The highest BCUT2D eigenvalue weighted by molar-refractivity contribution is 5.98. The molecule has 0 radical (unpaired) electrons. The van der Waals surface area contributed by atoms with Crippen molar-refractivity contribution in [3.05, 3.63) is 89.9 Å². The van der Waals surface area contributed by atoms with Crippen LogP contribution in [0.4, 0.5) is 0 Å². The third-order valence-corrected chi connectivity index (χ3v) is 7.32. The van der Waals surface area contributed by atoms with Crippen LogP contribution in [0, 0.1) is 12.8 Å². The lowest BCUT2D eigenvalue weighted by Crippen LogP contribution is -2.12. The number of benzene rings is 3. The Hall–Kier alpha value is -3.85. The third kappa shape index (κ3) is 4.13. The van der Waals surface area contributed by atoms with Crippen LogP contribution >= 0.6 is 0 Å². The lowest BCUT2D eigenvalue weighted by atomic mass is 9.82. The van der Waals surface area contributed by atoms with Crippen LogP contribution in [0.15, 0.2) is 81.8 Å². The van der Waals surface area contributed by atoms with Crippen LogP contribution in [0.5, 0.6) is 0 Å². The first-order valence-corrected chi connectivity index (χ1v) is 13.1. The monoisotopic (exact) mass is 487 g/mol. The first kappa shape index (κ1) is 23.5. The SMILES string of the molecule is Cc1oc2ccc(-c3cc(-c4cc(C(C)(C)C)c5ccccc5c4)nc4occc34)cc2c1CC(C)C. The van der Waals surface area contributed by atoms with Gasteiger partial charge in [-0.25, -0.2) is 4.98 Å².